The molecule has 0 atom stereocenters. The van der Waals surface area contributed by atoms with Crippen LogP contribution in [0.3, 0.4) is 0 Å². The van der Waals surface area contributed by atoms with Crippen molar-refractivity contribution in [1.82, 2.24) is 0 Å². The summed E-state index contributed by atoms with van der Waals surface area (Å²) >= 11 is 0. The molecule has 0 amide bonds. The molecule has 0 aromatic heterocycles. The number of hydrogen-bond acceptors (Lipinski definition) is 3. The molecule has 0 saturated carbocycles. The van der Waals surface area contributed by atoms with Gasteiger partial charge in [-0.15, -0.1) is 0 Å². The molecule has 1 aromatic rings. The Morgan fingerprint density at radius 1 is 1.44 bits per heavy atom. The van der Waals surface area contributed by atoms with Gasteiger partial charge in [0.2, 0.25) is 0 Å². The molecule has 0 saturated heterocycles. The lowest BCUT2D eigenvalue weighted by Gasteiger charge is -2.04. The summed E-state index contributed by atoms with van der Waals surface area (Å²) in [4.78, 5) is 10.9. The molecule has 0 bridgehead atoms. The van der Waals surface area contributed by atoms with E-state index in [-0.39, 0.29) is 5.97 Å². The van der Waals surface area contributed by atoms with Gasteiger partial charge in [0.25, 0.3) is 0 Å². The molecule has 0 N–H and O–H groups in total. The van der Waals surface area contributed by atoms with Crippen molar-refractivity contribution in [3.63, 3.8) is 0 Å². The quantitative estimate of drug-likeness (QED) is 0.565. The Morgan fingerprint density at radius 2 is 2.25 bits per heavy atom. The Morgan fingerprint density at radius 3 is 2.94 bits per heavy atom. The van der Waals surface area contributed by atoms with E-state index >= 15 is 0 Å². The van der Waals surface area contributed by atoms with Crippen LogP contribution in [0.15, 0.2) is 30.3 Å². The first-order chi connectivity index (χ1) is 7.76. The van der Waals surface area contributed by atoms with Gasteiger partial charge in [0, 0.05) is 6.08 Å². The maximum atomic E-state index is 10.9. The normalized spacial score (nSPS) is 10.4. The molecule has 86 valence electrons. The van der Waals surface area contributed by atoms with Gasteiger partial charge in [-0.05, 0) is 30.2 Å². The molecule has 0 spiro atoms. The molecule has 0 aliphatic carbocycles. The smallest absolute Gasteiger partial charge is 0.330 e. The Kier molecular flexibility index (Phi) is 5.12. The van der Waals surface area contributed by atoms with Gasteiger partial charge in [-0.3, -0.25) is 0 Å². The van der Waals surface area contributed by atoms with Gasteiger partial charge in [0.1, 0.15) is 5.75 Å². The lowest BCUT2D eigenvalue weighted by molar-refractivity contribution is -0.134. The number of rotatable bonds is 5. The van der Waals surface area contributed by atoms with Crippen molar-refractivity contribution in [2.75, 3.05) is 13.7 Å². The summed E-state index contributed by atoms with van der Waals surface area (Å²) in [5.74, 6) is 0.453. The zero-order chi connectivity index (χ0) is 11.8. The average molecular weight is 220 g/mol. The van der Waals surface area contributed by atoms with Crippen LogP contribution >= 0.6 is 0 Å². The fourth-order valence-corrected chi connectivity index (χ4v) is 1.16. The third-order valence-electron chi connectivity index (χ3n) is 1.94. The zero-order valence-corrected chi connectivity index (χ0v) is 9.60. The van der Waals surface area contributed by atoms with Crippen LogP contribution in [-0.2, 0) is 9.53 Å². The SMILES string of the molecule is CCCOc1cccc(C=CC(=O)OC)c1. The van der Waals surface area contributed by atoms with Gasteiger partial charge in [-0.1, -0.05) is 19.1 Å². The molecule has 0 unspecified atom stereocenters. The van der Waals surface area contributed by atoms with Gasteiger partial charge >= 0.3 is 5.97 Å². The summed E-state index contributed by atoms with van der Waals surface area (Å²) in [5, 5.41) is 0. The van der Waals surface area contributed by atoms with Crippen molar-refractivity contribution < 1.29 is 14.3 Å². The standard InChI is InChI=1S/C13H16O3/c1-3-9-16-12-6-4-5-11(10-12)7-8-13(14)15-2/h4-8,10H,3,9H2,1-2H3. The van der Waals surface area contributed by atoms with Crippen LogP contribution in [0, 0.1) is 0 Å². The Balaban J connectivity index is 2.66. The van der Waals surface area contributed by atoms with Gasteiger partial charge in [0.15, 0.2) is 0 Å². The van der Waals surface area contributed by atoms with Crippen molar-refractivity contribution in [3.05, 3.63) is 35.9 Å². The van der Waals surface area contributed by atoms with Crippen molar-refractivity contribution in [3.8, 4) is 5.75 Å². The summed E-state index contributed by atoms with van der Waals surface area (Å²) < 4.78 is 9.99. The molecular weight excluding hydrogens is 204 g/mol. The van der Waals surface area contributed by atoms with E-state index < -0.39 is 0 Å². The summed E-state index contributed by atoms with van der Waals surface area (Å²) in [6.45, 7) is 2.76. The number of esters is 1. The number of methoxy groups -OCH3 is 1. The summed E-state index contributed by atoms with van der Waals surface area (Å²) in [7, 11) is 1.35. The first kappa shape index (κ1) is 12.3. The second-order valence-corrected chi connectivity index (χ2v) is 3.28. The lowest BCUT2D eigenvalue weighted by atomic mass is 10.2. The van der Waals surface area contributed by atoms with Crippen LogP contribution in [0.4, 0.5) is 0 Å². The molecule has 1 rings (SSSR count). The van der Waals surface area contributed by atoms with Crippen molar-refractivity contribution in [1.29, 1.82) is 0 Å². The van der Waals surface area contributed by atoms with E-state index in [2.05, 4.69) is 11.7 Å². The van der Waals surface area contributed by atoms with E-state index in [1.165, 1.54) is 13.2 Å². The van der Waals surface area contributed by atoms with Crippen LogP contribution in [0.2, 0.25) is 0 Å². The highest BCUT2D eigenvalue weighted by molar-refractivity contribution is 5.86. The molecule has 16 heavy (non-hydrogen) atoms. The van der Waals surface area contributed by atoms with Crippen LogP contribution in [-0.4, -0.2) is 19.7 Å². The van der Waals surface area contributed by atoms with Gasteiger partial charge in [-0.25, -0.2) is 4.79 Å². The highest BCUT2D eigenvalue weighted by Gasteiger charge is 1.95. The lowest BCUT2D eigenvalue weighted by Crippen LogP contribution is -1.95. The average Bonchev–Trinajstić information content (AvgIpc) is 2.34. The third kappa shape index (κ3) is 4.17. The molecule has 0 aliphatic rings. The summed E-state index contributed by atoms with van der Waals surface area (Å²) in [5.41, 5.74) is 0.916. The Bertz CT molecular complexity index is 369. The van der Waals surface area contributed by atoms with E-state index in [4.69, 9.17) is 4.74 Å². The molecule has 3 heteroatoms. The van der Waals surface area contributed by atoms with E-state index in [0.29, 0.717) is 6.61 Å². The van der Waals surface area contributed by atoms with Crippen LogP contribution in [0.1, 0.15) is 18.9 Å². The maximum Gasteiger partial charge on any atom is 0.330 e. The minimum absolute atomic E-state index is 0.361. The Hall–Kier alpha value is -1.77. The number of benzene rings is 1. The predicted molar refractivity (Wildman–Crippen MR) is 63.3 cm³/mol. The van der Waals surface area contributed by atoms with Crippen molar-refractivity contribution in [2.24, 2.45) is 0 Å². The molecule has 0 heterocycles. The third-order valence-corrected chi connectivity index (χ3v) is 1.94. The minimum atomic E-state index is -0.361. The molecule has 3 nitrogen and oxygen atoms in total. The maximum absolute atomic E-state index is 10.9. The zero-order valence-electron chi connectivity index (χ0n) is 9.60. The summed E-state index contributed by atoms with van der Waals surface area (Å²) in [6, 6.07) is 7.57. The molecule has 0 aliphatic heterocycles. The fourth-order valence-electron chi connectivity index (χ4n) is 1.16. The molecule has 1 aromatic carbocycles. The highest BCUT2D eigenvalue weighted by Crippen LogP contribution is 2.14. The van der Waals surface area contributed by atoms with Crippen LogP contribution < -0.4 is 4.74 Å². The van der Waals surface area contributed by atoms with E-state index in [1.54, 1.807) is 6.08 Å². The minimum Gasteiger partial charge on any atom is -0.494 e. The fraction of sp³-hybridized carbons (Fsp3) is 0.308. The van der Waals surface area contributed by atoms with E-state index in [9.17, 15) is 4.79 Å². The first-order valence-corrected chi connectivity index (χ1v) is 5.25. The van der Waals surface area contributed by atoms with E-state index in [0.717, 1.165) is 17.7 Å². The number of carbonyl (C=O) groups excluding carboxylic acids is 1. The van der Waals surface area contributed by atoms with Gasteiger partial charge in [0.05, 0.1) is 13.7 Å². The van der Waals surface area contributed by atoms with Crippen LogP contribution in [0.25, 0.3) is 6.08 Å². The van der Waals surface area contributed by atoms with Gasteiger partial charge < -0.3 is 9.47 Å². The molecular formula is C13H16O3. The second kappa shape index (κ2) is 6.67. The van der Waals surface area contributed by atoms with Gasteiger partial charge in [-0.2, -0.15) is 0 Å². The number of ether oxygens (including phenoxy) is 2. The molecule has 0 radical (unpaired) electrons. The second-order valence-electron chi connectivity index (χ2n) is 3.28. The first-order valence-electron chi connectivity index (χ1n) is 5.25. The number of hydrogen-bond donors (Lipinski definition) is 0. The van der Waals surface area contributed by atoms with Crippen LogP contribution in [0.5, 0.6) is 5.75 Å². The highest BCUT2D eigenvalue weighted by atomic mass is 16.5. The van der Waals surface area contributed by atoms with E-state index in [1.807, 2.05) is 24.3 Å². The largest absolute Gasteiger partial charge is 0.494 e. The predicted octanol–water partition coefficient (Wildman–Crippen LogP) is 2.66. The monoisotopic (exact) mass is 220 g/mol. The Labute approximate surface area is 95.7 Å². The van der Waals surface area contributed by atoms with Crippen molar-refractivity contribution >= 4 is 12.0 Å². The van der Waals surface area contributed by atoms with Crippen molar-refractivity contribution in [2.45, 2.75) is 13.3 Å². The topological polar surface area (TPSA) is 35.5 Å². The number of carbonyl (C=O) groups is 1. The summed E-state index contributed by atoms with van der Waals surface area (Å²) in [6.07, 6.45) is 4.06. The molecule has 0 fully saturated rings.